The van der Waals surface area contributed by atoms with Gasteiger partial charge in [-0.3, -0.25) is 30.0 Å². The third-order valence-electron chi connectivity index (χ3n) is 8.87. The number of rotatable bonds is 8. The van der Waals surface area contributed by atoms with Crippen LogP contribution in [0.3, 0.4) is 0 Å². The highest BCUT2D eigenvalue weighted by molar-refractivity contribution is 5.52. The number of nitro groups is 2. The molecule has 0 saturated carbocycles. The van der Waals surface area contributed by atoms with Crippen LogP contribution in [0.15, 0.2) is 84.9 Å². The van der Waals surface area contributed by atoms with E-state index in [1.807, 2.05) is 24.3 Å². The van der Waals surface area contributed by atoms with Crippen molar-refractivity contribution in [3.63, 3.8) is 0 Å². The second kappa shape index (κ2) is 10.2. The Balaban J connectivity index is 1.10. The smallest absolute Gasteiger partial charge is 0.310 e. The van der Waals surface area contributed by atoms with Crippen molar-refractivity contribution in [2.45, 2.75) is 17.3 Å². The third kappa shape index (κ3) is 4.83. The maximum absolute atomic E-state index is 11.0. The van der Waals surface area contributed by atoms with Gasteiger partial charge in [0.15, 0.2) is 11.5 Å². The van der Waals surface area contributed by atoms with Crippen molar-refractivity contribution in [3.05, 3.63) is 116 Å². The summed E-state index contributed by atoms with van der Waals surface area (Å²) in [6.45, 7) is 4.73. The molecule has 4 aliphatic rings. The summed E-state index contributed by atoms with van der Waals surface area (Å²) in [5.74, 6) is 0.861. The Morgan fingerprint density at radius 2 is 0.955 bits per heavy atom. The molecule has 4 aliphatic heterocycles. The molecule has 44 heavy (non-hydrogen) atoms. The molecule has 4 heterocycles. The van der Waals surface area contributed by atoms with Crippen LogP contribution in [-0.2, 0) is 10.8 Å². The van der Waals surface area contributed by atoms with Crippen molar-refractivity contribution in [1.29, 1.82) is 0 Å². The second-order valence-corrected chi connectivity index (χ2v) is 11.9. The predicted molar refractivity (Wildman–Crippen MR) is 159 cm³/mol. The van der Waals surface area contributed by atoms with E-state index in [2.05, 4.69) is 34.1 Å². The van der Waals surface area contributed by atoms with Gasteiger partial charge in [0.05, 0.1) is 16.5 Å². The fourth-order valence-corrected chi connectivity index (χ4v) is 7.31. The Morgan fingerprint density at radius 3 is 1.30 bits per heavy atom. The summed E-state index contributed by atoms with van der Waals surface area (Å²) in [7, 11) is 0. The Kier molecular flexibility index (Phi) is 6.41. The Hall–Kier alpha value is -5.20. The van der Waals surface area contributed by atoms with Gasteiger partial charge in [-0.1, -0.05) is 24.3 Å². The summed E-state index contributed by atoms with van der Waals surface area (Å²) in [5, 5.41) is 41.9. The largest absolute Gasteiger partial charge is 0.502 e. The molecule has 4 saturated heterocycles. The number of ether oxygens (including phenoxy) is 2. The van der Waals surface area contributed by atoms with Crippen LogP contribution in [0, 0.1) is 20.2 Å². The summed E-state index contributed by atoms with van der Waals surface area (Å²) < 4.78 is 11.7. The van der Waals surface area contributed by atoms with E-state index < -0.39 is 21.3 Å². The van der Waals surface area contributed by atoms with E-state index in [9.17, 15) is 30.4 Å². The molecule has 0 atom stereocenters. The maximum atomic E-state index is 11.0. The molecule has 0 spiro atoms. The number of nitro benzene ring substituents is 2. The first-order valence-corrected chi connectivity index (χ1v) is 14.1. The lowest BCUT2D eigenvalue weighted by atomic mass is 9.57. The zero-order valence-electron chi connectivity index (χ0n) is 23.5. The van der Waals surface area contributed by atoms with Crippen LogP contribution in [-0.4, -0.2) is 62.7 Å². The number of hydrogen-bond donors (Lipinski definition) is 2. The van der Waals surface area contributed by atoms with Gasteiger partial charge in [0, 0.05) is 61.3 Å². The van der Waals surface area contributed by atoms with Crippen LogP contribution in [0.25, 0.3) is 0 Å². The van der Waals surface area contributed by atoms with Crippen molar-refractivity contribution < 1.29 is 29.5 Å². The average Bonchev–Trinajstić information content (AvgIpc) is 2.97. The molecule has 0 amide bonds. The molecule has 0 unspecified atom stereocenters. The first-order valence-electron chi connectivity index (χ1n) is 14.1. The van der Waals surface area contributed by atoms with Gasteiger partial charge in [0.25, 0.3) is 0 Å². The lowest BCUT2D eigenvalue weighted by Crippen LogP contribution is -2.74. The van der Waals surface area contributed by atoms with Crippen LogP contribution in [0.4, 0.5) is 11.4 Å². The van der Waals surface area contributed by atoms with E-state index in [-0.39, 0.29) is 22.2 Å². The molecule has 12 heteroatoms. The van der Waals surface area contributed by atoms with Crippen molar-refractivity contribution in [3.8, 4) is 34.5 Å². The van der Waals surface area contributed by atoms with Gasteiger partial charge in [-0.05, 0) is 53.9 Å². The predicted octanol–water partition coefficient (Wildman–Crippen LogP) is 5.67. The van der Waals surface area contributed by atoms with Crippen LogP contribution >= 0.6 is 0 Å². The Bertz CT molecular complexity index is 1640. The van der Waals surface area contributed by atoms with Crippen molar-refractivity contribution in [2.24, 2.45) is 0 Å². The Labute approximate surface area is 251 Å². The van der Waals surface area contributed by atoms with Gasteiger partial charge in [0.1, 0.15) is 23.0 Å². The monoisotopic (exact) mass is 596 g/mol. The maximum Gasteiger partial charge on any atom is 0.310 e. The molecule has 0 radical (unpaired) electrons. The molecule has 4 bridgehead atoms. The molecule has 8 rings (SSSR count). The van der Waals surface area contributed by atoms with E-state index >= 15 is 0 Å². The van der Waals surface area contributed by atoms with Gasteiger partial charge < -0.3 is 19.7 Å². The number of phenols is 2. The highest BCUT2D eigenvalue weighted by Gasteiger charge is 2.57. The molecule has 0 aromatic heterocycles. The van der Waals surface area contributed by atoms with E-state index in [0.29, 0.717) is 23.0 Å². The SMILES string of the molecule is O=[N+]([O-])c1ccc(Oc2ccc(C34CN5CN(C3)CC(c3ccc(Oc6ccc([N+](=O)[O-])c(O)c6)cc3)(C5)C4)cc2)cc1O. The van der Waals surface area contributed by atoms with Crippen LogP contribution in [0.5, 0.6) is 34.5 Å². The van der Waals surface area contributed by atoms with E-state index in [1.54, 1.807) is 0 Å². The number of piperidine rings is 2. The highest BCUT2D eigenvalue weighted by atomic mass is 16.6. The molecular formula is C32H28N4O8. The van der Waals surface area contributed by atoms with Gasteiger partial charge in [-0.15, -0.1) is 0 Å². The van der Waals surface area contributed by atoms with Gasteiger partial charge in [0.2, 0.25) is 0 Å². The molecule has 0 aliphatic carbocycles. The fourth-order valence-electron chi connectivity index (χ4n) is 7.31. The minimum absolute atomic E-state index is 0.0790. The van der Waals surface area contributed by atoms with Crippen LogP contribution < -0.4 is 9.47 Å². The summed E-state index contributed by atoms with van der Waals surface area (Å²) in [5.41, 5.74) is 1.52. The van der Waals surface area contributed by atoms with Crippen molar-refractivity contribution >= 4 is 11.4 Å². The number of phenolic OH excluding ortho intramolecular Hbond substituents is 2. The molecule has 2 N–H and O–H groups in total. The van der Waals surface area contributed by atoms with Gasteiger partial charge in [-0.2, -0.15) is 0 Å². The minimum atomic E-state index is -0.644. The van der Waals surface area contributed by atoms with Gasteiger partial charge in [-0.25, -0.2) is 0 Å². The van der Waals surface area contributed by atoms with Crippen molar-refractivity contribution in [2.75, 3.05) is 32.8 Å². The number of nitrogens with zero attached hydrogens (tertiary/aromatic N) is 4. The molecule has 4 fully saturated rings. The summed E-state index contributed by atoms with van der Waals surface area (Å²) >= 11 is 0. The Morgan fingerprint density at radius 1 is 0.591 bits per heavy atom. The average molecular weight is 597 g/mol. The summed E-state index contributed by atoms with van der Waals surface area (Å²) in [6.07, 6.45) is 0.972. The number of hydrogen-bond acceptors (Lipinski definition) is 10. The first kappa shape index (κ1) is 27.6. The van der Waals surface area contributed by atoms with E-state index in [1.165, 1.54) is 47.5 Å². The molecule has 4 aromatic carbocycles. The van der Waals surface area contributed by atoms with Crippen LogP contribution in [0.2, 0.25) is 0 Å². The third-order valence-corrected chi connectivity index (χ3v) is 8.87. The lowest BCUT2D eigenvalue weighted by Gasteiger charge is -2.64. The molecule has 4 aromatic rings. The molecule has 224 valence electrons. The molecule has 12 nitrogen and oxygen atoms in total. The normalized spacial score (nSPS) is 25.0. The standard InChI is InChI=1S/C32H28N4O8/c37-29-13-25(9-11-27(29)35(39)40)43-23-5-1-21(2-6-23)31-15-32(18-33(16-31)20-34(17-31)19-32)22-3-7-24(8-4-22)44-26-10-12-28(36(41)42)30(38)14-26/h1-14,37-38H,15-20H2. The molecular weight excluding hydrogens is 568 g/mol. The van der Waals surface area contributed by atoms with Crippen molar-refractivity contribution in [1.82, 2.24) is 9.80 Å². The topological polar surface area (TPSA) is 152 Å². The summed E-state index contributed by atoms with van der Waals surface area (Å²) in [4.78, 5) is 25.7. The first-order chi connectivity index (χ1) is 21.1. The highest BCUT2D eigenvalue weighted by Crippen LogP contribution is 2.52. The van der Waals surface area contributed by atoms with Gasteiger partial charge >= 0.3 is 11.4 Å². The zero-order chi connectivity index (χ0) is 30.6. The van der Waals surface area contributed by atoms with E-state index in [4.69, 9.17) is 9.47 Å². The van der Waals surface area contributed by atoms with E-state index in [0.717, 1.165) is 39.3 Å². The van der Waals surface area contributed by atoms with Crippen LogP contribution in [0.1, 0.15) is 17.5 Å². The second-order valence-electron chi connectivity index (χ2n) is 11.9. The lowest BCUT2D eigenvalue weighted by molar-refractivity contribution is -0.386. The minimum Gasteiger partial charge on any atom is -0.502 e. The number of benzene rings is 4. The number of aromatic hydroxyl groups is 2. The zero-order valence-corrected chi connectivity index (χ0v) is 23.5. The fraction of sp³-hybridized carbons (Fsp3) is 0.250. The summed E-state index contributed by atoms with van der Waals surface area (Å²) in [6, 6.07) is 23.7. The quantitative estimate of drug-likeness (QED) is 0.192.